The summed E-state index contributed by atoms with van der Waals surface area (Å²) >= 11 is 1.25. The van der Waals surface area contributed by atoms with Gasteiger partial charge in [0.2, 0.25) is 11.1 Å². The lowest BCUT2D eigenvalue weighted by Gasteiger charge is -2.39. The Morgan fingerprint density at radius 1 is 1.32 bits per heavy atom. The SMILES string of the molecule is C[C@H]1CCC[C@H](C)N1C(=O)CSc1nnc(-c2cccc(F)c2)n1N. The van der Waals surface area contributed by atoms with Crippen molar-refractivity contribution in [2.45, 2.75) is 50.4 Å². The molecule has 0 radical (unpaired) electrons. The van der Waals surface area contributed by atoms with Gasteiger partial charge in [-0.1, -0.05) is 23.9 Å². The van der Waals surface area contributed by atoms with Crippen LogP contribution in [0.4, 0.5) is 4.39 Å². The van der Waals surface area contributed by atoms with Crippen LogP contribution in [0.1, 0.15) is 33.1 Å². The van der Waals surface area contributed by atoms with Crippen molar-refractivity contribution in [3.05, 3.63) is 30.1 Å². The van der Waals surface area contributed by atoms with E-state index >= 15 is 0 Å². The smallest absolute Gasteiger partial charge is 0.233 e. The maximum atomic E-state index is 13.4. The highest BCUT2D eigenvalue weighted by Gasteiger charge is 2.29. The first-order valence-electron chi connectivity index (χ1n) is 8.37. The highest BCUT2D eigenvalue weighted by atomic mass is 32.2. The van der Waals surface area contributed by atoms with Crippen LogP contribution in [0.3, 0.4) is 0 Å². The molecule has 3 rings (SSSR count). The molecule has 1 aliphatic rings. The number of aromatic nitrogens is 3. The highest BCUT2D eigenvalue weighted by molar-refractivity contribution is 7.99. The molecule has 2 N–H and O–H groups in total. The predicted molar refractivity (Wildman–Crippen MR) is 95.9 cm³/mol. The minimum atomic E-state index is -0.363. The van der Waals surface area contributed by atoms with Crippen LogP contribution in [0.25, 0.3) is 11.4 Å². The molecular formula is C17H22FN5OS. The molecule has 1 aromatic heterocycles. The third-order valence-electron chi connectivity index (χ3n) is 4.55. The third kappa shape index (κ3) is 3.78. The van der Waals surface area contributed by atoms with Crippen molar-refractivity contribution in [2.24, 2.45) is 0 Å². The molecule has 0 saturated carbocycles. The fourth-order valence-electron chi connectivity index (χ4n) is 3.31. The molecule has 1 saturated heterocycles. The molecule has 134 valence electrons. The molecule has 1 aliphatic heterocycles. The second-order valence-electron chi connectivity index (χ2n) is 6.41. The summed E-state index contributed by atoms with van der Waals surface area (Å²) in [7, 11) is 0. The molecule has 0 spiro atoms. The van der Waals surface area contributed by atoms with E-state index in [1.54, 1.807) is 12.1 Å². The van der Waals surface area contributed by atoms with Gasteiger partial charge in [-0.25, -0.2) is 9.07 Å². The van der Waals surface area contributed by atoms with E-state index in [1.807, 2.05) is 4.90 Å². The fraction of sp³-hybridized carbons (Fsp3) is 0.471. The Hall–Kier alpha value is -2.09. The van der Waals surface area contributed by atoms with Crippen LogP contribution in [0.5, 0.6) is 0 Å². The van der Waals surface area contributed by atoms with Crippen molar-refractivity contribution < 1.29 is 9.18 Å². The third-order valence-corrected chi connectivity index (χ3v) is 5.48. The number of thioether (sulfide) groups is 1. The summed E-state index contributed by atoms with van der Waals surface area (Å²) in [6, 6.07) is 6.54. The van der Waals surface area contributed by atoms with Crippen molar-refractivity contribution in [3.8, 4) is 11.4 Å². The summed E-state index contributed by atoms with van der Waals surface area (Å²) in [6.45, 7) is 4.18. The number of halogens is 1. The maximum absolute atomic E-state index is 13.4. The molecule has 2 aromatic rings. The van der Waals surface area contributed by atoms with Gasteiger partial charge in [-0.2, -0.15) is 0 Å². The van der Waals surface area contributed by atoms with Gasteiger partial charge in [-0.05, 0) is 45.2 Å². The van der Waals surface area contributed by atoms with Gasteiger partial charge in [0, 0.05) is 17.6 Å². The van der Waals surface area contributed by atoms with E-state index in [2.05, 4.69) is 24.0 Å². The first-order valence-corrected chi connectivity index (χ1v) is 9.36. The van der Waals surface area contributed by atoms with Gasteiger partial charge in [-0.15, -0.1) is 10.2 Å². The lowest BCUT2D eigenvalue weighted by molar-refractivity contribution is -0.134. The Kier molecular flexibility index (Phi) is 5.27. The standard InChI is InChI=1S/C17H22FN5OS/c1-11-5-3-6-12(2)22(11)15(24)10-25-17-21-20-16(23(17)19)13-7-4-8-14(18)9-13/h4,7-9,11-12H,3,5-6,10,19H2,1-2H3/t11-,12-/m0/s1. The number of hydrogen-bond donors (Lipinski definition) is 1. The first kappa shape index (κ1) is 17.7. The monoisotopic (exact) mass is 363 g/mol. The molecule has 8 heteroatoms. The van der Waals surface area contributed by atoms with Gasteiger partial charge in [-0.3, -0.25) is 4.79 Å². The normalized spacial score (nSPS) is 20.7. The van der Waals surface area contributed by atoms with Crippen molar-refractivity contribution in [1.29, 1.82) is 0 Å². The van der Waals surface area contributed by atoms with E-state index in [1.165, 1.54) is 28.6 Å². The van der Waals surface area contributed by atoms with E-state index < -0.39 is 0 Å². The molecule has 6 nitrogen and oxygen atoms in total. The number of likely N-dealkylation sites (tertiary alicyclic amines) is 1. The number of hydrogen-bond acceptors (Lipinski definition) is 5. The topological polar surface area (TPSA) is 77.0 Å². The summed E-state index contributed by atoms with van der Waals surface area (Å²) < 4.78 is 14.7. The minimum Gasteiger partial charge on any atom is -0.337 e. The number of carbonyl (C=O) groups is 1. The van der Waals surface area contributed by atoms with Gasteiger partial charge in [0.1, 0.15) is 5.82 Å². The molecule has 1 amide bonds. The van der Waals surface area contributed by atoms with E-state index in [-0.39, 0.29) is 29.6 Å². The van der Waals surface area contributed by atoms with Crippen molar-refractivity contribution in [1.82, 2.24) is 19.8 Å². The van der Waals surface area contributed by atoms with Crippen LogP contribution < -0.4 is 5.84 Å². The summed E-state index contributed by atoms with van der Waals surface area (Å²) in [5.41, 5.74) is 0.548. The Morgan fingerprint density at radius 2 is 2.04 bits per heavy atom. The summed E-state index contributed by atoms with van der Waals surface area (Å²) in [4.78, 5) is 14.5. The Labute approximate surface area is 150 Å². The second kappa shape index (κ2) is 7.43. The molecule has 1 fully saturated rings. The van der Waals surface area contributed by atoms with Gasteiger partial charge in [0.15, 0.2) is 5.82 Å². The molecule has 0 unspecified atom stereocenters. The van der Waals surface area contributed by atoms with Crippen LogP contribution in [-0.2, 0) is 4.79 Å². The highest BCUT2D eigenvalue weighted by Crippen LogP contribution is 2.26. The Balaban J connectivity index is 1.69. The number of nitrogens with two attached hydrogens (primary N) is 1. The van der Waals surface area contributed by atoms with Crippen molar-refractivity contribution >= 4 is 17.7 Å². The van der Waals surface area contributed by atoms with Gasteiger partial charge in [0.05, 0.1) is 5.75 Å². The number of piperidine rings is 1. The minimum absolute atomic E-state index is 0.0833. The summed E-state index contributed by atoms with van der Waals surface area (Å²) in [5.74, 6) is 6.38. The lowest BCUT2D eigenvalue weighted by Crippen LogP contribution is -2.48. The zero-order valence-electron chi connectivity index (χ0n) is 14.4. The summed E-state index contributed by atoms with van der Waals surface area (Å²) in [6.07, 6.45) is 3.24. The maximum Gasteiger partial charge on any atom is 0.233 e. The number of rotatable bonds is 4. The van der Waals surface area contributed by atoms with Crippen LogP contribution in [0.2, 0.25) is 0 Å². The number of amides is 1. The molecule has 2 heterocycles. The lowest BCUT2D eigenvalue weighted by atomic mass is 9.98. The molecule has 1 aromatic carbocycles. The van der Waals surface area contributed by atoms with E-state index in [4.69, 9.17) is 5.84 Å². The largest absolute Gasteiger partial charge is 0.337 e. The zero-order chi connectivity index (χ0) is 18.0. The van der Waals surface area contributed by atoms with Crippen LogP contribution >= 0.6 is 11.8 Å². The Morgan fingerprint density at radius 3 is 2.72 bits per heavy atom. The number of nitrogen functional groups attached to an aromatic ring is 1. The molecule has 0 aliphatic carbocycles. The van der Waals surface area contributed by atoms with E-state index in [0.717, 1.165) is 19.3 Å². The average molecular weight is 363 g/mol. The van der Waals surface area contributed by atoms with E-state index in [9.17, 15) is 9.18 Å². The number of benzene rings is 1. The van der Waals surface area contributed by atoms with Crippen LogP contribution in [-0.4, -0.2) is 43.5 Å². The van der Waals surface area contributed by atoms with Gasteiger partial charge >= 0.3 is 0 Å². The molecular weight excluding hydrogens is 341 g/mol. The fourth-order valence-corrected chi connectivity index (χ4v) is 4.04. The summed E-state index contributed by atoms with van der Waals surface area (Å²) in [5, 5.41) is 8.49. The average Bonchev–Trinajstić information content (AvgIpc) is 2.93. The van der Waals surface area contributed by atoms with E-state index in [0.29, 0.717) is 16.5 Å². The van der Waals surface area contributed by atoms with Crippen LogP contribution in [0.15, 0.2) is 29.4 Å². The van der Waals surface area contributed by atoms with Crippen LogP contribution in [0, 0.1) is 5.82 Å². The predicted octanol–water partition coefficient (Wildman–Crippen LogP) is 2.68. The molecule has 0 bridgehead atoms. The molecule has 2 atom stereocenters. The second-order valence-corrected chi connectivity index (χ2v) is 7.35. The molecule has 25 heavy (non-hydrogen) atoms. The Bertz CT molecular complexity index is 755. The quantitative estimate of drug-likeness (QED) is 0.667. The first-order chi connectivity index (χ1) is 12.0. The van der Waals surface area contributed by atoms with Gasteiger partial charge < -0.3 is 10.7 Å². The van der Waals surface area contributed by atoms with Gasteiger partial charge in [0.25, 0.3) is 0 Å². The number of nitrogens with zero attached hydrogens (tertiary/aromatic N) is 4. The van der Waals surface area contributed by atoms with Crippen molar-refractivity contribution in [3.63, 3.8) is 0 Å². The van der Waals surface area contributed by atoms with Crippen molar-refractivity contribution in [2.75, 3.05) is 11.6 Å². The number of carbonyl (C=O) groups excluding carboxylic acids is 1. The zero-order valence-corrected chi connectivity index (χ0v) is 15.2.